The molecule has 0 amide bonds. The van der Waals surface area contributed by atoms with Crippen molar-refractivity contribution < 1.29 is 0 Å². The van der Waals surface area contributed by atoms with Gasteiger partial charge < -0.3 is 5.73 Å². The van der Waals surface area contributed by atoms with Gasteiger partial charge in [0.05, 0.1) is 0 Å². The highest BCUT2D eigenvalue weighted by Crippen LogP contribution is 2.52. The van der Waals surface area contributed by atoms with Crippen molar-refractivity contribution in [2.24, 2.45) is 23.0 Å². The maximum atomic E-state index is 6.31. The maximum absolute atomic E-state index is 6.31. The highest BCUT2D eigenvalue weighted by atomic mass is 15.2. The molecule has 0 radical (unpaired) electrons. The maximum Gasteiger partial charge on any atom is 0.0332 e. The quantitative estimate of drug-likeness (QED) is 0.845. The largest absolute Gasteiger partial charge is 0.329 e. The van der Waals surface area contributed by atoms with Gasteiger partial charge in [0.15, 0.2) is 0 Å². The predicted octanol–water partition coefficient (Wildman–Crippen LogP) is 4.19. The van der Waals surface area contributed by atoms with Gasteiger partial charge in [0.25, 0.3) is 0 Å². The molecule has 2 aliphatic carbocycles. The monoisotopic (exact) mass is 292 g/mol. The molecule has 122 valence electrons. The SMILES string of the molecule is CC(C)C1CCN(C2(CN)CCC3(CCCC3)CC2)CC1. The molecule has 2 heteroatoms. The molecule has 3 aliphatic rings. The van der Waals surface area contributed by atoms with Gasteiger partial charge in [-0.05, 0) is 81.7 Å². The van der Waals surface area contributed by atoms with Gasteiger partial charge in [0.1, 0.15) is 0 Å². The minimum absolute atomic E-state index is 0.357. The smallest absolute Gasteiger partial charge is 0.0332 e. The molecule has 1 saturated heterocycles. The van der Waals surface area contributed by atoms with Crippen molar-refractivity contribution in [3.8, 4) is 0 Å². The number of hydrogen-bond acceptors (Lipinski definition) is 2. The lowest BCUT2D eigenvalue weighted by atomic mass is 9.65. The molecule has 0 bridgehead atoms. The first-order chi connectivity index (χ1) is 10.1. The van der Waals surface area contributed by atoms with Crippen LogP contribution in [0.4, 0.5) is 0 Å². The molecule has 0 unspecified atom stereocenters. The Kier molecular flexibility index (Phi) is 4.66. The molecule has 0 aromatic carbocycles. The van der Waals surface area contributed by atoms with E-state index in [-0.39, 0.29) is 0 Å². The summed E-state index contributed by atoms with van der Waals surface area (Å²) in [4.78, 5) is 2.80. The van der Waals surface area contributed by atoms with E-state index in [1.807, 2.05) is 0 Å². The summed E-state index contributed by atoms with van der Waals surface area (Å²) < 4.78 is 0. The van der Waals surface area contributed by atoms with E-state index < -0.39 is 0 Å². The summed E-state index contributed by atoms with van der Waals surface area (Å²) in [7, 11) is 0. The number of piperidine rings is 1. The van der Waals surface area contributed by atoms with E-state index in [9.17, 15) is 0 Å². The summed E-state index contributed by atoms with van der Waals surface area (Å²) in [5, 5.41) is 0. The van der Waals surface area contributed by atoms with Crippen LogP contribution in [0, 0.1) is 17.3 Å². The first-order valence-electron chi connectivity index (χ1n) is 9.54. The van der Waals surface area contributed by atoms with E-state index in [1.54, 1.807) is 0 Å². The molecule has 0 aromatic rings. The summed E-state index contributed by atoms with van der Waals surface area (Å²) in [5.74, 6) is 1.80. The van der Waals surface area contributed by atoms with Gasteiger partial charge in [-0.25, -0.2) is 0 Å². The van der Waals surface area contributed by atoms with Crippen LogP contribution in [0.15, 0.2) is 0 Å². The molecule has 3 fully saturated rings. The van der Waals surface area contributed by atoms with Gasteiger partial charge in [-0.3, -0.25) is 4.90 Å². The molecule has 1 spiro atoms. The molecule has 0 aromatic heterocycles. The van der Waals surface area contributed by atoms with Crippen LogP contribution in [0.3, 0.4) is 0 Å². The Morgan fingerprint density at radius 3 is 2.00 bits per heavy atom. The van der Waals surface area contributed by atoms with Crippen LogP contribution in [0.1, 0.15) is 78.1 Å². The molecule has 2 N–H and O–H groups in total. The first-order valence-corrected chi connectivity index (χ1v) is 9.54. The van der Waals surface area contributed by atoms with Gasteiger partial charge in [-0.1, -0.05) is 26.7 Å². The third-order valence-electron chi connectivity index (χ3n) is 7.44. The zero-order valence-corrected chi connectivity index (χ0v) is 14.4. The summed E-state index contributed by atoms with van der Waals surface area (Å²) in [5.41, 5.74) is 7.40. The van der Waals surface area contributed by atoms with Gasteiger partial charge >= 0.3 is 0 Å². The van der Waals surface area contributed by atoms with E-state index in [1.165, 1.54) is 77.3 Å². The number of nitrogens with zero attached hydrogens (tertiary/aromatic N) is 1. The van der Waals surface area contributed by atoms with Crippen molar-refractivity contribution in [1.82, 2.24) is 4.90 Å². The van der Waals surface area contributed by atoms with Gasteiger partial charge in [-0.15, -0.1) is 0 Å². The molecule has 21 heavy (non-hydrogen) atoms. The van der Waals surface area contributed by atoms with Crippen LogP contribution in [0.2, 0.25) is 0 Å². The number of rotatable bonds is 3. The second-order valence-corrected chi connectivity index (χ2v) is 8.70. The second kappa shape index (κ2) is 6.20. The fourth-order valence-corrected chi connectivity index (χ4v) is 5.56. The lowest BCUT2D eigenvalue weighted by molar-refractivity contribution is -0.0103. The Balaban J connectivity index is 1.60. The Morgan fingerprint density at radius 2 is 1.52 bits per heavy atom. The molecule has 1 heterocycles. The van der Waals surface area contributed by atoms with Crippen molar-refractivity contribution in [1.29, 1.82) is 0 Å². The second-order valence-electron chi connectivity index (χ2n) is 8.70. The topological polar surface area (TPSA) is 29.3 Å². The van der Waals surface area contributed by atoms with Crippen LogP contribution in [-0.2, 0) is 0 Å². The molecular formula is C19H36N2. The number of likely N-dealkylation sites (tertiary alicyclic amines) is 1. The highest BCUT2D eigenvalue weighted by molar-refractivity contribution is 5.02. The molecule has 2 saturated carbocycles. The minimum atomic E-state index is 0.357. The standard InChI is InChI=1S/C19H36N2/c1-16(2)17-5-13-21(14-6-17)19(15-20)11-9-18(10-12-19)7-3-4-8-18/h16-17H,3-15,20H2,1-2H3. The highest BCUT2D eigenvalue weighted by Gasteiger charge is 2.46. The summed E-state index contributed by atoms with van der Waals surface area (Å²) in [6.45, 7) is 8.27. The van der Waals surface area contributed by atoms with Gasteiger partial charge in [0.2, 0.25) is 0 Å². The van der Waals surface area contributed by atoms with E-state index in [4.69, 9.17) is 5.73 Å². The van der Waals surface area contributed by atoms with Gasteiger partial charge in [0, 0.05) is 12.1 Å². The van der Waals surface area contributed by atoms with Crippen LogP contribution in [0.25, 0.3) is 0 Å². The van der Waals surface area contributed by atoms with Crippen molar-refractivity contribution in [3.05, 3.63) is 0 Å². The number of nitrogens with two attached hydrogens (primary N) is 1. The van der Waals surface area contributed by atoms with E-state index >= 15 is 0 Å². The average Bonchev–Trinajstić information content (AvgIpc) is 2.97. The van der Waals surface area contributed by atoms with Crippen molar-refractivity contribution >= 4 is 0 Å². The first kappa shape index (κ1) is 15.8. The van der Waals surface area contributed by atoms with Crippen LogP contribution in [0.5, 0.6) is 0 Å². The molecule has 2 nitrogen and oxygen atoms in total. The van der Waals surface area contributed by atoms with E-state index in [2.05, 4.69) is 18.7 Å². The van der Waals surface area contributed by atoms with Crippen molar-refractivity contribution in [3.63, 3.8) is 0 Å². The molecular weight excluding hydrogens is 256 g/mol. The normalized spacial score (nSPS) is 30.3. The Bertz CT molecular complexity index is 325. The minimum Gasteiger partial charge on any atom is -0.329 e. The van der Waals surface area contributed by atoms with Crippen molar-refractivity contribution in [2.75, 3.05) is 19.6 Å². The Hall–Kier alpha value is -0.0800. The average molecular weight is 293 g/mol. The molecule has 3 rings (SSSR count). The van der Waals surface area contributed by atoms with E-state index in [0.717, 1.165) is 23.8 Å². The zero-order chi connectivity index (χ0) is 14.9. The zero-order valence-electron chi connectivity index (χ0n) is 14.4. The lowest BCUT2D eigenvalue weighted by Gasteiger charge is -2.52. The fourth-order valence-electron chi connectivity index (χ4n) is 5.56. The van der Waals surface area contributed by atoms with Crippen LogP contribution < -0.4 is 5.73 Å². The number of hydrogen-bond donors (Lipinski definition) is 1. The third kappa shape index (κ3) is 3.03. The third-order valence-corrected chi connectivity index (χ3v) is 7.44. The van der Waals surface area contributed by atoms with E-state index in [0.29, 0.717) is 5.54 Å². The summed E-state index contributed by atoms with van der Waals surface area (Å²) >= 11 is 0. The predicted molar refractivity (Wildman–Crippen MR) is 90.3 cm³/mol. The lowest BCUT2D eigenvalue weighted by Crippen LogP contribution is -2.58. The Morgan fingerprint density at radius 1 is 0.952 bits per heavy atom. The fraction of sp³-hybridized carbons (Fsp3) is 1.00. The van der Waals surface area contributed by atoms with Gasteiger partial charge in [-0.2, -0.15) is 0 Å². The van der Waals surface area contributed by atoms with Crippen molar-refractivity contribution in [2.45, 2.75) is 83.6 Å². The van der Waals surface area contributed by atoms with Crippen LogP contribution in [-0.4, -0.2) is 30.1 Å². The van der Waals surface area contributed by atoms with Crippen LogP contribution >= 0.6 is 0 Å². The Labute approximate surface area is 131 Å². The summed E-state index contributed by atoms with van der Waals surface area (Å²) in [6.07, 6.45) is 14.4. The molecule has 0 atom stereocenters. The summed E-state index contributed by atoms with van der Waals surface area (Å²) in [6, 6.07) is 0. The molecule has 1 aliphatic heterocycles.